The van der Waals surface area contributed by atoms with E-state index >= 15 is 0 Å². The summed E-state index contributed by atoms with van der Waals surface area (Å²) in [5, 5.41) is 4.02. The van der Waals surface area contributed by atoms with Gasteiger partial charge in [0.05, 0.1) is 0 Å². The van der Waals surface area contributed by atoms with Crippen molar-refractivity contribution in [1.29, 1.82) is 0 Å². The number of benzene rings is 1. The Balaban J connectivity index is 2.68. The number of carbonyl (C=O) groups excluding carboxylic acids is 2. The first-order valence-corrected chi connectivity index (χ1v) is 4.57. The van der Waals surface area contributed by atoms with Gasteiger partial charge >= 0.3 is 6.18 Å². The first-order valence-electron chi connectivity index (χ1n) is 4.57. The van der Waals surface area contributed by atoms with Crippen LogP contribution in [0.1, 0.15) is 10.4 Å². The first-order chi connectivity index (χ1) is 7.92. The second-order valence-electron chi connectivity index (χ2n) is 3.14. The summed E-state index contributed by atoms with van der Waals surface area (Å²) in [6, 6.07) is 5.59. The molecule has 0 aromatic heterocycles. The Bertz CT molecular complexity index is 418. The Morgan fingerprint density at radius 3 is 2.65 bits per heavy atom. The van der Waals surface area contributed by atoms with Crippen LogP contribution < -0.4 is 10.6 Å². The van der Waals surface area contributed by atoms with Gasteiger partial charge in [0.2, 0.25) is 6.41 Å². The molecule has 0 aliphatic heterocycles. The average molecular weight is 246 g/mol. The first kappa shape index (κ1) is 13.0. The molecule has 0 radical (unpaired) electrons. The Morgan fingerprint density at radius 2 is 2.06 bits per heavy atom. The van der Waals surface area contributed by atoms with Gasteiger partial charge in [-0.2, -0.15) is 13.2 Å². The summed E-state index contributed by atoms with van der Waals surface area (Å²) in [6.45, 7) is -1.39. The number of carbonyl (C=O) groups is 2. The second kappa shape index (κ2) is 5.33. The summed E-state index contributed by atoms with van der Waals surface area (Å²) in [5.74, 6) is -0.850. The molecule has 17 heavy (non-hydrogen) atoms. The summed E-state index contributed by atoms with van der Waals surface area (Å²) >= 11 is 0. The number of halogens is 3. The molecule has 1 aromatic rings. The normalized spacial score (nSPS) is 10.8. The maximum Gasteiger partial charge on any atom is 0.405 e. The van der Waals surface area contributed by atoms with Crippen LogP contribution in [0.25, 0.3) is 0 Å². The predicted molar refractivity (Wildman–Crippen MR) is 54.5 cm³/mol. The van der Waals surface area contributed by atoms with Crippen LogP contribution in [0, 0.1) is 0 Å². The fourth-order valence-corrected chi connectivity index (χ4v) is 1.10. The molecule has 7 heteroatoms. The Morgan fingerprint density at radius 1 is 1.35 bits per heavy atom. The van der Waals surface area contributed by atoms with E-state index in [0.717, 1.165) is 0 Å². The molecule has 0 fully saturated rings. The van der Waals surface area contributed by atoms with Crippen molar-refractivity contribution >= 4 is 18.0 Å². The fraction of sp³-hybridized carbons (Fsp3) is 0.200. The highest BCUT2D eigenvalue weighted by molar-refractivity contribution is 5.95. The molecule has 0 atom stereocenters. The lowest BCUT2D eigenvalue weighted by molar-refractivity contribution is -0.123. The maximum absolute atomic E-state index is 11.9. The van der Waals surface area contributed by atoms with E-state index in [2.05, 4.69) is 5.32 Å². The lowest BCUT2D eigenvalue weighted by atomic mass is 10.2. The van der Waals surface area contributed by atoms with Gasteiger partial charge < -0.3 is 10.6 Å². The molecule has 0 unspecified atom stereocenters. The SMILES string of the molecule is O=CNc1cccc(C(=O)NCC(F)(F)F)c1. The molecule has 1 rings (SSSR count). The van der Waals surface area contributed by atoms with Crippen LogP contribution in [-0.2, 0) is 4.79 Å². The molecule has 0 saturated heterocycles. The highest BCUT2D eigenvalue weighted by atomic mass is 19.4. The zero-order chi connectivity index (χ0) is 12.9. The summed E-state index contributed by atoms with van der Waals surface area (Å²) < 4.78 is 35.6. The van der Waals surface area contributed by atoms with Crippen molar-refractivity contribution in [2.45, 2.75) is 6.18 Å². The number of alkyl halides is 3. The lowest BCUT2D eigenvalue weighted by Gasteiger charge is -2.08. The molecule has 0 saturated carbocycles. The largest absolute Gasteiger partial charge is 0.405 e. The van der Waals surface area contributed by atoms with Gasteiger partial charge in [-0.3, -0.25) is 9.59 Å². The van der Waals surface area contributed by atoms with Crippen molar-refractivity contribution in [3.63, 3.8) is 0 Å². The van der Waals surface area contributed by atoms with Gasteiger partial charge in [-0.15, -0.1) is 0 Å². The zero-order valence-corrected chi connectivity index (χ0v) is 8.54. The summed E-state index contributed by atoms with van der Waals surface area (Å²) in [7, 11) is 0. The summed E-state index contributed by atoms with van der Waals surface area (Å²) in [4.78, 5) is 21.5. The van der Waals surface area contributed by atoms with Crippen molar-refractivity contribution in [3.05, 3.63) is 29.8 Å². The Hall–Kier alpha value is -2.05. The van der Waals surface area contributed by atoms with Crippen LogP contribution in [-0.4, -0.2) is 25.0 Å². The monoisotopic (exact) mass is 246 g/mol. The topological polar surface area (TPSA) is 58.2 Å². The van der Waals surface area contributed by atoms with Crippen LogP contribution in [0.15, 0.2) is 24.3 Å². The quantitative estimate of drug-likeness (QED) is 0.792. The van der Waals surface area contributed by atoms with Gasteiger partial charge in [-0.05, 0) is 18.2 Å². The molecule has 0 bridgehead atoms. The highest BCUT2D eigenvalue weighted by Gasteiger charge is 2.27. The highest BCUT2D eigenvalue weighted by Crippen LogP contribution is 2.13. The van der Waals surface area contributed by atoms with Gasteiger partial charge in [-0.1, -0.05) is 6.07 Å². The second-order valence-corrected chi connectivity index (χ2v) is 3.14. The number of nitrogens with one attached hydrogen (secondary N) is 2. The minimum Gasteiger partial charge on any atom is -0.343 e. The lowest BCUT2D eigenvalue weighted by Crippen LogP contribution is -2.33. The molecular formula is C10H9F3N2O2. The minimum absolute atomic E-state index is 0.0427. The standard InChI is InChI=1S/C10H9F3N2O2/c11-10(12,13)5-14-9(17)7-2-1-3-8(4-7)15-6-16/h1-4,6H,5H2,(H,14,17)(H,15,16). The van der Waals surface area contributed by atoms with Crippen molar-refractivity contribution in [3.8, 4) is 0 Å². The van der Waals surface area contributed by atoms with E-state index in [1.165, 1.54) is 24.3 Å². The number of hydrogen-bond donors (Lipinski definition) is 2. The van der Waals surface area contributed by atoms with Crippen LogP contribution in [0.5, 0.6) is 0 Å². The molecule has 0 spiro atoms. The fourth-order valence-electron chi connectivity index (χ4n) is 1.10. The molecule has 92 valence electrons. The zero-order valence-electron chi connectivity index (χ0n) is 8.54. The maximum atomic E-state index is 11.9. The smallest absolute Gasteiger partial charge is 0.343 e. The molecule has 1 aromatic carbocycles. The van der Waals surface area contributed by atoms with Gasteiger partial charge in [0.1, 0.15) is 6.54 Å². The van der Waals surface area contributed by atoms with Crippen LogP contribution in [0.4, 0.5) is 18.9 Å². The minimum atomic E-state index is -4.45. The third-order valence-corrected chi connectivity index (χ3v) is 1.80. The molecule has 0 heterocycles. The van der Waals surface area contributed by atoms with Gasteiger partial charge in [-0.25, -0.2) is 0 Å². The van der Waals surface area contributed by atoms with Gasteiger partial charge in [0.15, 0.2) is 0 Å². The predicted octanol–water partition coefficient (Wildman–Crippen LogP) is 1.55. The number of anilines is 1. The van der Waals surface area contributed by atoms with Crippen LogP contribution >= 0.6 is 0 Å². The van der Waals surface area contributed by atoms with E-state index in [1.807, 2.05) is 0 Å². The van der Waals surface area contributed by atoms with E-state index in [4.69, 9.17) is 0 Å². The third kappa shape index (κ3) is 4.54. The van der Waals surface area contributed by atoms with Crippen LogP contribution in [0.2, 0.25) is 0 Å². The summed E-state index contributed by atoms with van der Waals surface area (Å²) in [6.07, 6.45) is -4.04. The molecule has 0 aliphatic rings. The van der Waals surface area contributed by atoms with Gasteiger partial charge in [0.25, 0.3) is 5.91 Å². The van der Waals surface area contributed by atoms with E-state index in [-0.39, 0.29) is 5.56 Å². The van der Waals surface area contributed by atoms with E-state index < -0.39 is 18.6 Å². The van der Waals surface area contributed by atoms with Crippen molar-refractivity contribution < 1.29 is 22.8 Å². The molecule has 2 amide bonds. The third-order valence-electron chi connectivity index (χ3n) is 1.80. The van der Waals surface area contributed by atoms with Gasteiger partial charge in [0, 0.05) is 11.3 Å². The Kier molecular flexibility index (Phi) is 4.08. The number of rotatable bonds is 4. The van der Waals surface area contributed by atoms with Crippen LogP contribution in [0.3, 0.4) is 0 Å². The number of hydrogen-bond acceptors (Lipinski definition) is 2. The van der Waals surface area contributed by atoms with Crippen molar-refractivity contribution in [2.24, 2.45) is 0 Å². The average Bonchev–Trinajstić information content (AvgIpc) is 2.26. The van der Waals surface area contributed by atoms with Crippen molar-refractivity contribution in [2.75, 3.05) is 11.9 Å². The Labute approximate surface area is 94.8 Å². The number of amides is 2. The van der Waals surface area contributed by atoms with E-state index in [0.29, 0.717) is 12.1 Å². The van der Waals surface area contributed by atoms with E-state index in [9.17, 15) is 22.8 Å². The molecule has 4 nitrogen and oxygen atoms in total. The van der Waals surface area contributed by atoms with E-state index in [1.54, 1.807) is 5.32 Å². The molecular weight excluding hydrogens is 237 g/mol. The van der Waals surface area contributed by atoms with Crippen molar-refractivity contribution in [1.82, 2.24) is 5.32 Å². The molecule has 2 N–H and O–H groups in total. The molecule has 0 aliphatic carbocycles. The summed E-state index contributed by atoms with van der Waals surface area (Å²) in [5.41, 5.74) is 0.376.